The van der Waals surface area contributed by atoms with E-state index in [1.165, 1.54) is 37.3 Å². The van der Waals surface area contributed by atoms with Crippen LogP contribution >= 0.6 is 11.6 Å². The van der Waals surface area contributed by atoms with Gasteiger partial charge in [0.1, 0.15) is 11.6 Å². The number of aromatic nitrogens is 1. The lowest BCUT2D eigenvalue weighted by molar-refractivity contribution is -0.126. The van der Waals surface area contributed by atoms with Crippen molar-refractivity contribution in [3.63, 3.8) is 0 Å². The Bertz CT molecular complexity index is 1050. The SMILES string of the molecule is CN(C)C(=O)c1c(N)ccc(-c2cnc3c(c2Cl)C2(CN3)CC(C(N)=O)C2)c1F. The fourth-order valence-corrected chi connectivity index (χ4v) is 4.75. The molecule has 1 fully saturated rings. The second-order valence-corrected chi connectivity index (χ2v) is 8.32. The van der Waals surface area contributed by atoms with E-state index in [0.717, 1.165) is 5.56 Å². The number of rotatable bonds is 3. The molecule has 1 aromatic carbocycles. The molecule has 1 aliphatic carbocycles. The molecule has 4 rings (SSSR count). The Kier molecular flexibility index (Phi) is 4.42. The highest BCUT2D eigenvalue weighted by Crippen LogP contribution is 2.56. The number of nitrogens with one attached hydrogen (secondary N) is 1. The summed E-state index contributed by atoms with van der Waals surface area (Å²) in [5.74, 6) is -1.19. The number of nitrogens with two attached hydrogens (primary N) is 2. The van der Waals surface area contributed by atoms with E-state index in [9.17, 15) is 9.59 Å². The third kappa shape index (κ3) is 2.81. The van der Waals surface area contributed by atoms with E-state index < -0.39 is 11.7 Å². The van der Waals surface area contributed by atoms with Crippen LogP contribution in [-0.2, 0) is 10.2 Å². The zero-order valence-corrected chi connectivity index (χ0v) is 16.8. The number of hydrogen-bond acceptors (Lipinski definition) is 5. The normalized spacial score (nSPS) is 22.0. The number of halogens is 2. The van der Waals surface area contributed by atoms with E-state index in [1.807, 2.05) is 0 Å². The van der Waals surface area contributed by atoms with Gasteiger partial charge in [-0.05, 0) is 25.0 Å². The largest absolute Gasteiger partial charge is 0.398 e. The molecular weight excluding hydrogens is 397 g/mol. The zero-order valence-electron chi connectivity index (χ0n) is 16.1. The zero-order chi connectivity index (χ0) is 21.1. The second kappa shape index (κ2) is 6.59. The highest BCUT2D eigenvalue weighted by atomic mass is 35.5. The lowest BCUT2D eigenvalue weighted by Gasteiger charge is -2.44. The van der Waals surface area contributed by atoms with Crippen LogP contribution in [0.2, 0.25) is 5.02 Å². The minimum absolute atomic E-state index is 0.0524. The van der Waals surface area contributed by atoms with Gasteiger partial charge in [0.05, 0.1) is 10.6 Å². The van der Waals surface area contributed by atoms with Crippen LogP contribution in [-0.4, -0.2) is 42.3 Å². The van der Waals surface area contributed by atoms with Gasteiger partial charge in [0, 0.05) is 60.5 Å². The summed E-state index contributed by atoms with van der Waals surface area (Å²) < 4.78 is 15.3. The molecular formula is C20H21ClFN5O2. The smallest absolute Gasteiger partial charge is 0.258 e. The van der Waals surface area contributed by atoms with Crippen molar-refractivity contribution >= 4 is 34.9 Å². The third-order valence-electron chi connectivity index (χ3n) is 5.90. The number of hydrogen-bond donors (Lipinski definition) is 3. The lowest BCUT2D eigenvalue weighted by Crippen LogP contribution is -2.48. The van der Waals surface area contributed by atoms with Crippen molar-refractivity contribution in [2.45, 2.75) is 18.3 Å². The Morgan fingerprint density at radius 1 is 1.31 bits per heavy atom. The number of nitrogen functional groups attached to an aromatic ring is 1. The Hall–Kier alpha value is -2.87. The van der Waals surface area contributed by atoms with Crippen LogP contribution in [0.1, 0.15) is 28.8 Å². The highest BCUT2D eigenvalue weighted by molar-refractivity contribution is 6.34. The molecule has 0 saturated heterocycles. The molecule has 9 heteroatoms. The van der Waals surface area contributed by atoms with Crippen LogP contribution < -0.4 is 16.8 Å². The Morgan fingerprint density at radius 3 is 2.62 bits per heavy atom. The van der Waals surface area contributed by atoms with Crippen LogP contribution in [0.25, 0.3) is 11.1 Å². The molecule has 2 amide bonds. The van der Waals surface area contributed by atoms with Gasteiger partial charge in [0.15, 0.2) is 0 Å². The molecule has 0 bridgehead atoms. The average Bonchev–Trinajstić information content (AvgIpc) is 3.02. The van der Waals surface area contributed by atoms with Gasteiger partial charge >= 0.3 is 0 Å². The minimum atomic E-state index is -0.740. The number of amides is 2. The van der Waals surface area contributed by atoms with E-state index >= 15 is 4.39 Å². The first-order valence-corrected chi connectivity index (χ1v) is 9.56. The molecule has 1 saturated carbocycles. The summed E-state index contributed by atoms with van der Waals surface area (Å²) in [4.78, 5) is 29.6. The van der Waals surface area contributed by atoms with Crippen LogP contribution in [0.3, 0.4) is 0 Å². The summed E-state index contributed by atoms with van der Waals surface area (Å²) >= 11 is 6.73. The number of nitrogens with zero attached hydrogens (tertiary/aromatic N) is 2. The number of carbonyl (C=O) groups excluding carboxylic acids is 2. The molecule has 1 aliphatic heterocycles. The fourth-order valence-electron chi connectivity index (χ4n) is 4.31. The van der Waals surface area contributed by atoms with Crippen LogP contribution in [0.5, 0.6) is 0 Å². The number of primary amides is 1. The van der Waals surface area contributed by atoms with E-state index in [1.54, 1.807) is 0 Å². The molecule has 29 heavy (non-hydrogen) atoms. The van der Waals surface area contributed by atoms with Crippen LogP contribution in [0.4, 0.5) is 15.9 Å². The third-order valence-corrected chi connectivity index (χ3v) is 6.29. The topological polar surface area (TPSA) is 114 Å². The average molecular weight is 418 g/mol. The lowest BCUT2D eigenvalue weighted by atomic mass is 9.59. The summed E-state index contributed by atoms with van der Waals surface area (Å²) in [6.45, 7) is 0.594. The number of benzene rings is 1. The highest BCUT2D eigenvalue weighted by Gasteiger charge is 2.53. The van der Waals surface area contributed by atoms with Crippen LogP contribution in [0.15, 0.2) is 18.3 Å². The first kappa shape index (κ1) is 19.4. The van der Waals surface area contributed by atoms with Gasteiger partial charge in [-0.3, -0.25) is 9.59 Å². The minimum Gasteiger partial charge on any atom is -0.398 e. The van der Waals surface area contributed by atoms with Crippen molar-refractivity contribution in [2.24, 2.45) is 11.7 Å². The van der Waals surface area contributed by atoms with Crippen molar-refractivity contribution in [3.05, 3.63) is 40.3 Å². The summed E-state index contributed by atoms with van der Waals surface area (Å²) in [6, 6.07) is 2.98. The summed E-state index contributed by atoms with van der Waals surface area (Å²) in [6.07, 6.45) is 2.62. The second-order valence-electron chi connectivity index (χ2n) is 7.94. The van der Waals surface area contributed by atoms with Crippen LogP contribution in [0, 0.1) is 11.7 Å². The summed E-state index contributed by atoms with van der Waals surface area (Å²) in [7, 11) is 3.05. The van der Waals surface area contributed by atoms with Gasteiger partial charge in [0.2, 0.25) is 5.91 Å². The van der Waals surface area contributed by atoms with Gasteiger partial charge in [-0.2, -0.15) is 0 Å². The molecule has 5 N–H and O–H groups in total. The number of fused-ring (bicyclic) bond motifs is 2. The molecule has 2 aliphatic rings. The molecule has 152 valence electrons. The Balaban J connectivity index is 1.82. The maximum absolute atomic E-state index is 15.3. The van der Waals surface area contributed by atoms with Gasteiger partial charge in [-0.15, -0.1) is 0 Å². The molecule has 2 aromatic rings. The number of pyridine rings is 1. The van der Waals surface area contributed by atoms with Gasteiger partial charge in [-0.25, -0.2) is 9.37 Å². The van der Waals surface area contributed by atoms with E-state index in [2.05, 4.69) is 10.3 Å². The van der Waals surface area contributed by atoms with Crippen molar-refractivity contribution < 1.29 is 14.0 Å². The predicted octanol–water partition coefficient (Wildman–Crippen LogP) is 2.38. The first-order chi connectivity index (χ1) is 13.7. The molecule has 0 atom stereocenters. The summed E-state index contributed by atoms with van der Waals surface area (Å²) in [5.41, 5.74) is 12.1. The summed E-state index contributed by atoms with van der Waals surface area (Å²) in [5, 5.41) is 3.57. The van der Waals surface area contributed by atoms with E-state index in [0.29, 0.717) is 35.8 Å². The van der Waals surface area contributed by atoms with E-state index in [-0.39, 0.29) is 34.1 Å². The molecule has 1 aromatic heterocycles. The molecule has 0 unspecified atom stereocenters. The quantitative estimate of drug-likeness (QED) is 0.663. The van der Waals surface area contributed by atoms with Gasteiger partial charge < -0.3 is 21.7 Å². The van der Waals surface area contributed by atoms with Crippen molar-refractivity contribution in [3.8, 4) is 11.1 Å². The molecule has 1 spiro atoms. The van der Waals surface area contributed by atoms with Crippen molar-refractivity contribution in [1.29, 1.82) is 0 Å². The Labute approximate surface area is 172 Å². The maximum atomic E-state index is 15.3. The fraction of sp³-hybridized carbons (Fsp3) is 0.350. The van der Waals surface area contributed by atoms with Crippen molar-refractivity contribution in [2.75, 3.05) is 31.7 Å². The first-order valence-electron chi connectivity index (χ1n) is 9.18. The number of anilines is 2. The number of carbonyl (C=O) groups is 2. The maximum Gasteiger partial charge on any atom is 0.258 e. The molecule has 7 nitrogen and oxygen atoms in total. The Morgan fingerprint density at radius 2 is 2.00 bits per heavy atom. The monoisotopic (exact) mass is 417 g/mol. The molecule has 0 radical (unpaired) electrons. The van der Waals surface area contributed by atoms with Crippen molar-refractivity contribution in [1.82, 2.24) is 9.88 Å². The van der Waals surface area contributed by atoms with Gasteiger partial charge in [0.25, 0.3) is 5.91 Å². The standard InChI is InChI=1S/C20H21ClFN5O2/c1-27(2)19(29)13-12(23)4-3-10(16(13)22)11-7-25-18-14(15(11)21)20(8-26-18)5-9(6-20)17(24)28/h3-4,7,9H,5-6,8,23H2,1-2H3,(H2,24,28)(H,25,26). The van der Waals surface area contributed by atoms with E-state index in [4.69, 9.17) is 23.1 Å². The predicted molar refractivity (Wildman–Crippen MR) is 109 cm³/mol. The molecule has 2 heterocycles. The van der Waals surface area contributed by atoms with Gasteiger partial charge in [-0.1, -0.05) is 11.6 Å².